The summed E-state index contributed by atoms with van der Waals surface area (Å²) < 4.78 is 17.6. The van der Waals surface area contributed by atoms with Gasteiger partial charge in [0.1, 0.15) is 17.4 Å². The lowest BCUT2D eigenvalue weighted by Crippen LogP contribution is -2.44. The topological polar surface area (TPSA) is 64.8 Å². The van der Waals surface area contributed by atoms with E-state index in [1.807, 2.05) is 37.8 Å². The number of carbonyl (C=O) groups excluding carboxylic acids is 1. The molecule has 2 saturated carbocycles. The minimum atomic E-state index is -0.485. The van der Waals surface area contributed by atoms with Gasteiger partial charge in [-0.3, -0.25) is 0 Å². The second-order valence-electron chi connectivity index (χ2n) is 10.5. The zero-order valence-corrected chi connectivity index (χ0v) is 19.9. The lowest BCUT2D eigenvalue weighted by Gasteiger charge is -2.33. The molecular weight excluding hydrogens is 451 g/mol. The van der Waals surface area contributed by atoms with Gasteiger partial charge in [0.2, 0.25) is 0 Å². The highest BCUT2D eigenvalue weighted by molar-refractivity contribution is 6.39. The van der Waals surface area contributed by atoms with E-state index in [0.29, 0.717) is 34.2 Å². The molecule has 0 N–H and O–H groups in total. The Morgan fingerprint density at radius 3 is 2.66 bits per heavy atom. The Labute approximate surface area is 197 Å². The number of piperidine rings is 1. The van der Waals surface area contributed by atoms with Crippen LogP contribution < -0.4 is 0 Å². The fourth-order valence-electron chi connectivity index (χ4n) is 5.26. The summed E-state index contributed by atoms with van der Waals surface area (Å²) in [5.74, 6) is 1.45. The summed E-state index contributed by atoms with van der Waals surface area (Å²) in [7, 11) is 0. The maximum absolute atomic E-state index is 12.5. The Hall–Kier alpha value is -1.76. The number of likely N-dealkylation sites (tertiary alicyclic amines) is 1. The Balaban J connectivity index is 1.15. The van der Waals surface area contributed by atoms with Crippen molar-refractivity contribution in [3.05, 3.63) is 39.0 Å². The van der Waals surface area contributed by atoms with Crippen LogP contribution in [-0.4, -0.2) is 40.4 Å². The number of fused-ring (bicyclic) bond motifs is 3. The molecule has 1 saturated heterocycles. The standard InChI is InChI=1S/C24H26Cl2N2O4/c1-24(2,3)31-23(29)28-10-12-8-13(28)9-16(12)30-22-18-20(22)27-32-21(18)17-15(25)7-6-14(19(17)26)11-4-5-11/h6-7,11-13,16,22H,4-5,8-10H2,1-3H3/t12-,13-,16+,22?/m0/s1. The smallest absolute Gasteiger partial charge is 0.410 e. The van der Waals surface area contributed by atoms with Gasteiger partial charge in [0, 0.05) is 18.5 Å². The predicted octanol–water partition coefficient (Wildman–Crippen LogP) is 6.34. The van der Waals surface area contributed by atoms with E-state index in [1.54, 1.807) is 0 Å². The molecule has 170 valence electrons. The summed E-state index contributed by atoms with van der Waals surface area (Å²) in [6.45, 7) is 6.35. The average Bonchev–Trinajstić information content (AvgIpc) is 3.50. The first kappa shape index (κ1) is 20.8. The highest BCUT2D eigenvalue weighted by atomic mass is 35.5. The molecule has 1 unspecified atom stereocenters. The second-order valence-corrected chi connectivity index (χ2v) is 11.3. The Morgan fingerprint density at radius 1 is 1.22 bits per heavy atom. The monoisotopic (exact) mass is 476 g/mol. The molecule has 0 radical (unpaired) electrons. The Bertz CT molecular complexity index is 1100. The van der Waals surface area contributed by atoms with Crippen molar-refractivity contribution < 1.29 is 18.8 Å². The van der Waals surface area contributed by atoms with Gasteiger partial charge < -0.3 is 18.9 Å². The van der Waals surface area contributed by atoms with Crippen LogP contribution in [0.2, 0.25) is 10.0 Å². The van der Waals surface area contributed by atoms with Gasteiger partial charge in [0.15, 0.2) is 5.76 Å². The fraction of sp³-hybridized carbons (Fsp3) is 0.583. The summed E-state index contributed by atoms with van der Waals surface area (Å²) in [5, 5.41) is 5.46. The summed E-state index contributed by atoms with van der Waals surface area (Å²) in [5.41, 5.74) is 3.15. The molecule has 4 aliphatic rings. The molecule has 1 aromatic carbocycles. The van der Waals surface area contributed by atoms with Crippen LogP contribution in [0.1, 0.15) is 75.3 Å². The number of ether oxygens (including phenoxy) is 2. The number of nitrogens with zero attached hydrogens (tertiary/aromatic N) is 2. The van der Waals surface area contributed by atoms with Crippen LogP contribution in [0.15, 0.2) is 16.7 Å². The van der Waals surface area contributed by atoms with Crippen molar-refractivity contribution in [1.82, 2.24) is 10.1 Å². The van der Waals surface area contributed by atoms with Crippen LogP contribution in [0.3, 0.4) is 0 Å². The van der Waals surface area contributed by atoms with E-state index in [2.05, 4.69) is 5.16 Å². The molecule has 0 spiro atoms. The van der Waals surface area contributed by atoms with Crippen molar-refractivity contribution in [2.45, 2.75) is 76.2 Å². The molecule has 2 bridgehead atoms. The van der Waals surface area contributed by atoms with Crippen LogP contribution in [0.25, 0.3) is 11.3 Å². The van der Waals surface area contributed by atoms with Crippen LogP contribution in [0.5, 0.6) is 0 Å². The first-order valence-electron chi connectivity index (χ1n) is 11.3. The summed E-state index contributed by atoms with van der Waals surface area (Å²) in [6, 6.07) is 4.08. The van der Waals surface area contributed by atoms with E-state index in [9.17, 15) is 4.79 Å². The highest BCUT2D eigenvalue weighted by Crippen LogP contribution is 2.56. The van der Waals surface area contributed by atoms with Crippen molar-refractivity contribution in [1.29, 1.82) is 0 Å². The number of hydrogen-bond donors (Lipinski definition) is 0. The van der Waals surface area contributed by atoms with Crippen LogP contribution >= 0.6 is 23.2 Å². The second kappa shape index (κ2) is 7.12. The number of hydrogen-bond acceptors (Lipinski definition) is 5. The summed E-state index contributed by atoms with van der Waals surface area (Å²) >= 11 is 13.2. The molecule has 32 heavy (non-hydrogen) atoms. The molecule has 1 amide bonds. The molecule has 6 rings (SSSR count). The molecule has 2 aromatic rings. The van der Waals surface area contributed by atoms with Gasteiger partial charge in [0.05, 0.1) is 27.3 Å². The zero-order chi connectivity index (χ0) is 22.4. The van der Waals surface area contributed by atoms with Crippen LogP contribution in [-0.2, 0) is 9.47 Å². The third kappa shape index (κ3) is 3.42. The quantitative estimate of drug-likeness (QED) is 0.514. The largest absolute Gasteiger partial charge is 0.444 e. The fourth-order valence-corrected chi connectivity index (χ4v) is 5.95. The Morgan fingerprint density at radius 2 is 2.00 bits per heavy atom. The maximum atomic E-state index is 12.5. The van der Waals surface area contributed by atoms with E-state index in [4.69, 9.17) is 37.2 Å². The van der Waals surface area contributed by atoms with E-state index < -0.39 is 5.60 Å². The molecule has 2 heterocycles. The van der Waals surface area contributed by atoms with E-state index in [-0.39, 0.29) is 24.3 Å². The number of halogens is 2. The van der Waals surface area contributed by atoms with Crippen molar-refractivity contribution in [3.8, 4) is 11.3 Å². The van der Waals surface area contributed by atoms with E-state index >= 15 is 0 Å². The van der Waals surface area contributed by atoms with E-state index in [1.165, 1.54) is 0 Å². The predicted molar refractivity (Wildman–Crippen MR) is 120 cm³/mol. The molecular formula is C24H26Cl2N2O4. The molecule has 1 aromatic heterocycles. The molecule has 4 atom stereocenters. The van der Waals surface area contributed by atoms with Crippen LogP contribution in [0, 0.1) is 5.92 Å². The first-order valence-corrected chi connectivity index (χ1v) is 12.1. The summed E-state index contributed by atoms with van der Waals surface area (Å²) in [6.07, 6.45) is 3.78. The van der Waals surface area contributed by atoms with Gasteiger partial charge in [-0.15, -0.1) is 0 Å². The van der Waals surface area contributed by atoms with Crippen molar-refractivity contribution in [2.24, 2.45) is 5.92 Å². The lowest BCUT2D eigenvalue weighted by molar-refractivity contribution is -0.0281. The van der Waals surface area contributed by atoms with Gasteiger partial charge in [-0.05, 0) is 64.0 Å². The molecule has 1 aliphatic heterocycles. The minimum absolute atomic E-state index is 0.0921. The number of carbonyl (C=O) groups is 1. The number of rotatable bonds is 4. The minimum Gasteiger partial charge on any atom is -0.444 e. The normalized spacial score (nSPS) is 28.2. The van der Waals surface area contributed by atoms with E-state index in [0.717, 1.165) is 48.1 Å². The molecule has 3 aliphatic carbocycles. The SMILES string of the molecule is CC(C)(C)OC(=O)N1C[C@@H]2C[C@H]1C[C@H]2OC1c2noc(-c3c(Cl)ccc(C4CC4)c3Cl)c21. The zero-order valence-electron chi connectivity index (χ0n) is 18.4. The van der Waals surface area contributed by atoms with Gasteiger partial charge in [0.25, 0.3) is 0 Å². The third-order valence-corrected chi connectivity index (χ3v) is 7.69. The number of aromatic nitrogens is 1. The van der Waals surface area contributed by atoms with Gasteiger partial charge >= 0.3 is 6.09 Å². The van der Waals surface area contributed by atoms with Crippen molar-refractivity contribution in [2.75, 3.05) is 6.54 Å². The Kier molecular flexibility index (Phi) is 4.63. The first-order chi connectivity index (χ1) is 15.2. The lowest BCUT2D eigenvalue weighted by atomic mass is 10.0. The number of amides is 1. The third-order valence-electron chi connectivity index (χ3n) is 6.96. The molecule has 6 nitrogen and oxygen atoms in total. The highest BCUT2D eigenvalue weighted by Gasteiger charge is 2.53. The number of benzene rings is 1. The molecule has 3 fully saturated rings. The van der Waals surface area contributed by atoms with Gasteiger partial charge in [-0.2, -0.15) is 0 Å². The summed E-state index contributed by atoms with van der Waals surface area (Å²) in [4.78, 5) is 14.3. The van der Waals surface area contributed by atoms with Crippen molar-refractivity contribution in [3.63, 3.8) is 0 Å². The van der Waals surface area contributed by atoms with Gasteiger partial charge in [-0.1, -0.05) is 34.4 Å². The molecule has 8 heteroatoms. The van der Waals surface area contributed by atoms with Gasteiger partial charge in [-0.25, -0.2) is 4.79 Å². The van der Waals surface area contributed by atoms with Crippen molar-refractivity contribution >= 4 is 29.3 Å². The average molecular weight is 477 g/mol. The van der Waals surface area contributed by atoms with Crippen LogP contribution in [0.4, 0.5) is 4.79 Å². The maximum Gasteiger partial charge on any atom is 0.410 e.